The molecule has 0 atom stereocenters. The molecule has 2 rings (SSSR count). The fourth-order valence-electron chi connectivity index (χ4n) is 2.18. The number of hydrogen-bond acceptors (Lipinski definition) is 4. The summed E-state index contributed by atoms with van der Waals surface area (Å²) in [5.74, 6) is 0.618. The number of halogens is 1. The average molecular weight is 399 g/mol. The van der Waals surface area contributed by atoms with E-state index >= 15 is 0 Å². The van der Waals surface area contributed by atoms with Gasteiger partial charge in [-0.25, -0.2) is 13.1 Å². The highest BCUT2D eigenvalue weighted by Crippen LogP contribution is 2.14. The molecule has 1 aromatic carbocycles. The van der Waals surface area contributed by atoms with Gasteiger partial charge in [0, 0.05) is 50.6 Å². The number of aromatic nitrogens is 2. The van der Waals surface area contributed by atoms with Crippen LogP contribution in [0.1, 0.15) is 6.42 Å². The summed E-state index contributed by atoms with van der Waals surface area (Å²) >= 11 is 5.83. The van der Waals surface area contributed by atoms with Crippen LogP contribution in [0, 0.1) is 0 Å². The highest BCUT2D eigenvalue weighted by molar-refractivity contribution is 7.89. The van der Waals surface area contributed by atoms with Crippen LogP contribution < -0.4 is 15.4 Å². The number of benzene rings is 1. The molecule has 0 aliphatic carbocycles. The van der Waals surface area contributed by atoms with Crippen molar-refractivity contribution in [3.05, 3.63) is 47.7 Å². The SMILES string of the molecule is CN=C(NCCCn1cccn1)NCCNS(=O)(=O)c1cccc(Cl)c1. The third-order valence-corrected chi connectivity index (χ3v) is 5.15. The third kappa shape index (κ3) is 6.66. The number of nitrogens with zero attached hydrogens (tertiary/aromatic N) is 3. The Labute approximate surface area is 158 Å². The summed E-state index contributed by atoms with van der Waals surface area (Å²) in [5.41, 5.74) is 0. The molecule has 8 nitrogen and oxygen atoms in total. The predicted molar refractivity (Wildman–Crippen MR) is 103 cm³/mol. The van der Waals surface area contributed by atoms with E-state index < -0.39 is 10.0 Å². The summed E-state index contributed by atoms with van der Waals surface area (Å²) in [6.07, 6.45) is 4.56. The van der Waals surface area contributed by atoms with Crippen molar-refractivity contribution in [2.75, 3.05) is 26.7 Å². The van der Waals surface area contributed by atoms with Gasteiger partial charge < -0.3 is 10.6 Å². The Morgan fingerprint density at radius 3 is 2.73 bits per heavy atom. The van der Waals surface area contributed by atoms with Crippen molar-refractivity contribution in [2.45, 2.75) is 17.9 Å². The highest BCUT2D eigenvalue weighted by Gasteiger charge is 2.13. The van der Waals surface area contributed by atoms with Crippen LogP contribution in [0.15, 0.2) is 52.6 Å². The van der Waals surface area contributed by atoms with E-state index in [0.29, 0.717) is 17.5 Å². The number of rotatable bonds is 9. The molecule has 0 aliphatic rings. The molecule has 0 saturated heterocycles. The maximum Gasteiger partial charge on any atom is 0.240 e. The van der Waals surface area contributed by atoms with E-state index in [1.54, 1.807) is 25.4 Å². The lowest BCUT2D eigenvalue weighted by Crippen LogP contribution is -2.41. The van der Waals surface area contributed by atoms with Crippen LogP contribution in [0.5, 0.6) is 0 Å². The van der Waals surface area contributed by atoms with Gasteiger partial charge in [0.2, 0.25) is 10.0 Å². The Balaban J connectivity index is 1.67. The first-order valence-electron chi connectivity index (χ1n) is 8.18. The van der Waals surface area contributed by atoms with Crippen molar-refractivity contribution < 1.29 is 8.42 Å². The quantitative estimate of drug-likeness (QED) is 0.333. The molecule has 26 heavy (non-hydrogen) atoms. The normalized spacial score (nSPS) is 12.2. The molecule has 2 aromatic rings. The summed E-state index contributed by atoms with van der Waals surface area (Å²) in [4.78, 5) is 4.25. The molecule has 0 spiro atoms. The van der Waals surface area contributed by atoms with Gasteiger partial charge in [-0.2, -0.15) is 5.10 Å². The summed E-state index contributed by atoms with van der Waals surface area (Å²) in [6.45, 7) is 2.17. The molecule has 0 saturated carbocycles. The van der Waals surface area contributed by atoms with Gasteiger partial charge in [0.25, 0.3) is 0 Å². The van der Waals surface area contributed by atoms with Crippen LogP contribution in [0.3, 0.4) is 0 Å². The van der Waals surface area contributed by atoms with Crippen molar-refractivity contribution in [3.63, 3.8) is 0 Å². The molecular formula is C16H23ClN6O2S. The number of guanidine groups is 1. The van der Waals surface area contributed by atoms with Crippen LogP contribution in [-0.2, 0) is 16.6 Å². The molecule has 0 bridgehead atoms. The highest BCUT2D eigenvalue weighted by atomic mass is 35.5. The smallest absolute Gasteiger partial charge is 0.240 e. The number of aliphatic imine (C=N–C) groups is 1. The number of aryl methyl sites for hydroxylation is 1. The van der Waals surface area contributed by atoms with Crippen molar-refractivity contribution >= 4 is 27.6 Å². The zero-order chi connectivity index (χ0) is 18.8. The lowest BCUT2D eigenvalue weighted by Gasteiger charge is -2.12. The van der Waals surface area contributed by atoms with Crippen LogP contribution in [0.2, 0.25) is 5.02 Å². The van der Waals surface area contributed by atoms with E-state index in [-0.39, 0.29) is 11.4 Å². The molecule has 0 unspecified atom stereocenters. The molecule has 1 aromatic heterocycles. The number of sulfonamides is 1. The number of nitrogens with one attached hydrogen (secondary N) is 3. The minimum absolute atomic E-state index is 0.145. The fourth-order valence-corrected chi connectivity index (χ4v) is 3.52. The topological polar surface area (TPSA) is 100 Å². The van der Waals surface area contributed by atoms with Crippen LogP contribution >= 0.6 is 11.6 Å². The van der Waals surface area contributed by atoms with Gasteiger partial charge in [-0.3, -0.25) is 9.67 Å². The summed E-state index contributed by atoms with van der Waals surface area (Å²) in [7, 11) is -1.91. The molecule has 0 radical (unpaired) electrons. The van der Waals surface area contributed by atoms with E-state index in [1.807, 2.05) is 16.9 Å². The first-order valence-corrected chi connectivity index (χ1v) is 10.0. The zero-order valence-electron chi connectivity index (χ0n) is 14.5. The molecule has 1 heterocycles. The maximum atomic E-state index is 12.2. The zero-order valence-corrected chi connectivity index (χ0v) is 16.1. The fraction of sp³-hybridized carbons (Fsp3) is 0.375. The Morgan fingerprint density at radius 2 is 2.04 bits per heavy atom. The summed E-state index contributed by atoms with van der Waals surface area (Å²) < 4.78 is 28.7. The molecule has 0 fully saturated rings. The Bertz CT molecular complexity index is 808. The summed E-state index contributed by atoms with van der Waals surface area (Å²) in [5, 5.41) is 10.8. The second-order valence-corrected chi connectivity index (χ2v) is 7.61. The largest absolute Gasteiger partial charge is 0.356 e. The van der Waals surface area contributed by atoms with Gasteiger partial charge >= 0.3 is 0 Å². The van der Waals surface area contributed by atoms with Gasteiger partial charge in [-0.15, -0.1) is 0 Å². The second kappa shape index (κ2) is 10.1. The minimum atomic E-state index is -3.58. The van der Waals surface area contributed by atoms with Crippen molar-refractivity contribution in [2.24, 2.45) is 4.99 Å². The average Bonchev–Trinajstić information content (AvgIpc) is 3.14. The lowest BCUT2D eigenvalue weighted by molar-refractivity contribution is 0.569. The number of hydrogen-bond donors (Lipinski definition) is 3. The monoisotopic (exact) mass is 398 g/mol. The van der Waals surface area contributed by atoms with Crippen LogP contribution in [-0.4, -0.2) is 50.8 Å². The van der Waals surface area contributed by atoms with Gasteiger partial charge in [-0.1, -0.05) is 17.7 Å². The molecule has 142 valence electrons. The molecular weight excluding hydrogens is 376 g/mol. The molecule has 0 aliphatic heterocycles. The van der Waals surface area contributed by atoms with Crippen molar-refractivity contribution in [3.8, 4) is 0 Å². The summed E-state index contributed by atoms with van der Waals surface area (Å²) in [6, 6.07) is 8.03. The maximum absolute atomic E-state index is 12.2. The van der Waals surface area contributed by atoms with E-state index in [0.717, 1.165) is 19.5 Å². The van der Waals surface area contributed by atoms with E-state index in [4.69, 9.17) is 11.6 Å². The van der Waals surface area contributed by atoms with Crippen LogP contribution in [0.4, 0.5) is 0 Å². The first kappa shape index (κ1) is 20.2. The van der Waals surface area contributed by atoms with E-state index in [1.165, 1.54) is 12.1 Å². The van der Waals surface area contributed by atoms with Gasteiger partial charge in [-0.05, 0) is 30.7 Å². The van der Waals surface area contributed by atoms with Crippen molar-refractivity contribution in [1.82, 2.24) is 25.1 Å². The first-order chi connectivity index (χ1) is 12.5. The van der Waals surface area contributed by atoms with Gasteiger partial charge in [0.05, 0.1) is 4.90 Å². The second-order valence-electron chi connectivity index (χ2n) is 5.40. The van der Waals surface area contributed by atoms with Gasteiger partial charge in [0.15, 0.2) is 5.96 Å². The van der Waals surface area contributed by atoms with E-state index in [9.17, 15) is 8.42 Å². The Kier molecular flexibility index (Phi) is 7.89. The Morgan fingerprint density at radius 1 is 1.23 bits per heavy atom. The van der Waals surface area contributed by atoms with Gasteiger partial charge in [0.1, 0.15) is 0 Å². The molecule has 10 heteroatoms. The third-order valence-electron chi connectivity index (χ3n) is 3.46. The Hall–Kier alpha value is -2.10. The minimum Gasteiger partial charge on any atom is -0.356 e. The van der Waals surface area contributed by atoms with Crippen molar-refractivity contribution in [1.29, 1.82) is 0 Å². The standard InChI is InChI=1S/C16H23ClN6O2S/c1-18-16(19-7-3-11-23-12-4-8-21-23)20-9-10-22-26(24,25)15-6-2-5-14(17)13-15/h2,4-6,8,12-13,22H,3,7,9-11H2,1H3,(H2,18,19,20). The molecule has 3 N–H and O–H groups in total. The predicted octanol–water partition coefficient (Wildman–Crippen LogP) is 1.07. The lowest BCUT2D eigenvalue weighted by atomic mass is 10.4. The van der Waals surface area contributed by atoms with Crippen LogP contribution in [0.25, 0.3) is 0 Å². The molecule has 0 amide bonds. The van der Waals surface area contributed by atoms with E-state index in [2.05, 4.69) is 25.4 Å².